The van der Waals surface area contributed by atoms with Gasteiger partial charge in [0.1, 0.15) is 9.88 Å². The van der Waals surface area contributed by atoms with Crippen LogP contribution in [-0.4, -0.2) is 35.7 Å². The third kappa shape index (κ3) is 3.77. The summed E-state index contributed by atoms with van der Waals surface area (Å²) in [6, 6.07) is 0.455. The maximum atomic E-state index is 12.2. The number of aromatic nitrogens is 2. The van der Waals surface area contributed by atoms with Gasteiger partial charge < -0.3 is 19.8 Å². The molecule has 1 fully saturated rings. The predicted molar refractivity (Wildman–Crippen MR) is 110 cm³/mol. The minimum absolute atomic E-state index is 0.243. The number of carbonyl (C=O) groups is 2. The quantitative estimate of drug-likeness (QED) is 0.551. The molecule has 2 heterocycles. The van der Waals surface area contributed by atoms with E-state index >= 15 is 0 Å². The number of rotatable bonds is 6. The molecule has 1 aliphatic rings. The standard InChI is InChI=1S/C19H25N3O4S2/c1-10-11(2)22(12-7-5-6-8-12)19(21-10)27-9-13-14(17(23)25-3)16(20)28-15(13)18(24)26-4/h12H,5-9,20H2,1-4H3. The highest BCUT2D eigenvalue weighted by molar-refractivity contribution is 7.98. The number of methoxy groups -OCH3 is 2. The number of nitrogens with two attached hydrogens (primary N) is 1. The molecule has 0 unspecified atom stereocenters. The van der Waals surface area contributed by atoms with E-state index in [4.69, 9.17) is 20.2 Å². The fourth-order valence-electron chi connectivity index (χ4n) is 3.63. The first kappa shape index (κ1) is 20.7. The first-order chi connectivity index (χ1) is 13.4. The lowest BCUT2D eigenvalue weighted by Gasteiger charge is -2.17. The molecule has 9 heteroatoms. The molecule has 152 valence electrons. The Morgan fingerprint density at radius 1 is 1.21 bits per heavy atom. The van der Waals surface area contributed by atoms with E-state index in [0.29, 0.717) is 22.2 Å². The maximum Gasteiger partial charge on any atom is 0.348 e. The highest BCUT2D eigenvalue weighted by Crippen LogP contribution is 2.39. The second-order valence-electron chi connectivity index (χ2n) is 6.79. The van der Waals surface area contributed by atoms with Crippen molar-refractivity contribution in [3.63, 3.8) is 0 Å². The Morgan fingerprint density at radius 2 is 1.86 bits per heavy atom. The highest BCUT2D eigenvalue weighted by atomic mass is 32.2. The van der Waals surface area contributed by atoms with Crippen LogP contribution in [0.5, 0.6) is 0 Å². The van der Waals surface area contributed by atoms with Gasteiger partial charge in [-0.05, 0) is 26.7 Å². The molecule has 7 nitrogen and oxygen atoms in total. The van der Waals surface area contributed by atoms with Crippen molar-refractivity contribution in [3.8, 4) is 0 Å². The van der Waals surface area contributed by atoms with Crippen LogP contribution in [-0.2, 0) is 15.2 Å². The van der Waals surface area contributed by atoms with Gasteiger partial charge in [0.2, 0.25) is 0 Å². The molecule has 0 aromatic carbocycles. The summed E-state index contributed by atoms with van der Waals surface area (Å²) < 4.78 is 12.0. The van der Waals surface area contributed by atoms with Crippen molar-refractivity contribution >= 4 is 40.0 Å². The summed E-state index contributed by atoms with van der Waals surface area (Å²) in [5, 5.41) is 1.16. The van der Waals surface area contributed by atoms with Gasteiger partial charge in [-0.2, -0.15) is 0 Å². The number of ether oxygens (including phenoxy) is 2. The van der Waals surface area contributed by atoms with E-state index < -0.39 is 11.9 Å². The number of hydrogen-bond acceptors (Lipinski definition) is 8. The van der Waals surface area contributed by atoms with Crippen LogP contribution in [0.3, 0.4) is 0 Å². The van der Waals surface area contributed by atoms with E-state index in [1.807, 2.05) is 6.92 Å². The lowest BCUT2D eigenvalue weighted by Crippen LogP contribution is -2.10. The van der Waals surface area contributed by atoms with Crippen LogP contribution in [0.1, 0.15) is 68.7 Å². The van der Waals surface area contributed by atoms with E-state index in [1.165, 1.54) is 44.5 Å². The SMILES string of the molecule is COC(=O)c1sc(N)c(C(=O)OC)c1CSc1nc(C)c(C)n1C1CCCC1. The van der Waals surface area contributed by atoms with E-state index in [0.717, 1.165) is 35.0 Å². The summed E-state index contributed by atoms with van der Waals surface area (Å²) >= 11 is 2.56. The topological polar surface area (TPSA) is 96.4 Å². The van der Waals surface area contributed by atoms with Crippen molar-refractivity contribution in [2.24, 2.45) is 0 Å². The molecule has 3 rings (SSSR count). The minimum atomic E-state index is -0.550. The van der Waals surface area contributed by atoms with Crippen molar-refractivity contribution < 1.29 is 19.1 Å². The average molecular weight is 424 g/mol. The molecular formula is C19H25N3O4S2. The monoisotopic (exact) mass is 423 g/mol. The number of imidazole rings is 1. The lowest BCUT2D eigenvalue weighted by molar-refractivity contribution is 0.0601. The largest absolute Gasteiger partial charge is 0.465 e. The van der Waals surface area contributed by atoms with Crippen LogP contribution >= 0.6 is 23.1 Å². The van der Waals surface area contributed by atoms with Gasteiger partial charge >= 0.3 is 11.9 Å². The van der Waals surface area contributed by atoms with Gasteiger partial charge in [-0.15, -0.1) is 11.3 Å². The third-order valence-corrected chi connectivity index (χ3v) is 7.20. The van der Waals surface area contributed by atoms with Gasteiger partial charge in [-0.3, -0.25) is 0 Å². The Bertz CT molecular complexity index is 898. The molecule has 0 saturated heterocycles. The second kappa shape index (κ2) is 8.57. The number of esters is 2. The molecule has 2 aromatic rings. The molecule has 0 bridgehead atoms. The number of nitrogens with zero attached hydrogens (tertiary/aromatic N) is 2. The van der Waals surface area contributed by atoms with Crippen LogP contribution in [0, 0.1) is 13.8 Å². The number of carbonyl (C=O) groups excluding carboxylic acids is 2. The van der Waals surface area contributed by atoms with Gasteiger partial charge in [-0.25, -0.2) is 14.6 Å². The first-order valence-electron chi connectivity index (χ1n) is 9.15. The number of aryl methyl sites for hydroxylation is 1. The van der Waals surface area contributed by atoms with Crippen molar-refractivity contribution in [1.82, 2.24) is 9.55 Å². The van der Waals surface area contributed by atoms with Gasteiger partial charge in [0, 0.05) is 23.1 Å². The zero-order chi connectivity index (χ0) is 20.4. The number of thiophene rings is 1. The Hall–Kier alpha value is -2.00. The van der Waals surface area contributed by atoms with Crippen molar-refractivity contribution in [3.05, 3.63) is 27.4 Å². The summed E-state index contributed by atoms with van der Waals surface area (Å²) in [5.74, 6) is -0.675. The van der Waals surface area contributed by atoms with Crippen LogP contribution in [0.2, 0.25) is 0 Å². The number of nitrogen functional groups attached to an aromatic ring is 1. The van der Waals surface area contributed by atoms with Crippen LogP contribution in [0.15, 0.2) is 5.16 Å². The summed E-state index contributed by atoms with van der Waals surface area (Å²) in [6.45, 7) is 4.10. The lowest BCUT2D eigenvalue weighted by atomic mass is 10.1. The molecule has 1 saturated carbocycles. The summed E-state index contributed by atoms with van der Waals surface area (Å²) in [5.41, 5.74) is 8.97. The molecule has 0 spiro atoms. The normalized spacial score (nSPS) is 14.4. The highest BCUT2D eigenvalue weighted by Gasteiger charge is 2.29. The van der Waals surface area contributed by atoms with Gasteiger partial charge in [0.25, 0.3) is 0 Å². The van der Waals surface area contributed by atoms with Gasteiger partial charge in [-0.1, -0.05) is 24.6 Å². The molecule has 0 radical (unpaired) electrons. The Kier molecular flexibility index (Phi) is 6.34. The average Bonchev–Trinajstić information content (AvgIpc) is 3.38. The number of thioether (sulfide) groups is 1. The molecular weight excluding hydrogens is 398 g/mol. The van der Waals surface area contributed by atoms with Crippen LogP contribution in [0.25, 0.3) is 0 Å². The summed E-state index contributed by atoms with van der Waals surface area (Å²) in [6.07, 6.45) is 4.75. The number of hydrogen-bond donors (Lipinski definition) is 1. The molecule has 1 aliphatic carbocycles. The summed E-state index contributed by atoms with van der Waals surface area (Å²) in [4.78, 5) is 29.5. The molecule has 2 N–H and O–H groups in total. The Morgan fingerprint density at radius 3 is 2.46 bits per heavy atom. The van der Waals surface area contributed by atoms with Gasteiger partial charge in [0.15, 0.2) is 5.16 Å². The van der Waals surface area contributed by atoms with Crippen molar-refractivity contribution in [1.29, 1.82) is 0 Å². The third-order valence-electron chi connectivity index (χ3n) is 5.18. The minimum Gasteiger partial charge on any atom is -0.465 e. The molecule has 0 aliphatic heterocycles. The fourth-order valence-corrected chi connectivity index (χ4v) is 5.91. The van der Waals surface area contributed by atoms with E-state index in [9.17, 15) is 9.59 Å². The van der Waals surface area contributed by atoms with E-state index in [2.05, 4.69) is 11.5 Å². The van der Waals surface area contributed by atoms with E-state index in [-0.39, 0.29) is 10.6 Å². The zero-order valence-electron chi connectivity index (χ0n) is 16.5. The predicted octanol–water partition coefficient (Wildman–Crippen LogP) is 4.12. The van der Waals surface area contributed by atoms with Crippen molar-refractivity contribution in [2.45, 2.75) is 56.5 Å². The zero-order valence-corrected chi connectivity index (χ0v) is 18.2. The molecule has 2 aromatic heterocycles. The van der Waals surface area contributed by atoms with Crippen molar-refractivity contribution in [2.75, 3.05) is 20.0 Å². The number of anilines is 1. The Balaban J connectivity index is 1.96. The smallest absolute Gasteiger partial charge is 0.348 e. The van der Waals surface area contributed by atoms with E-state index in [1.54, 1.807) is 0 Å². The molecule has 0 atom stereocenters. The van der Waals surface area contributed by atoms with Crippen LogP contribution < -0.4 is 5.73 Å². The Labute approximate surface area is 172 Å². The maximum absolute atomic E-state index is 12.2. The molecule has 28 heavy (non-hydrogen) atoms. The molecule has 0 amide bonds. The second-order valence-corrected chi connectivity index (χ2v) is 8.79. The first-order valence-corrected chi connectivity index (χ1v) is 10.9. The van der Waals surface area contributed by atoms with Gasteiger partial charge in [0.05, 0.1) is 25.5 Å². The summed E-state index contributed by atoms with van der Waals surface area (Å²) in [7, 11) is 2.61. The fraction of sp³-hybridized carbons (Fsp3) is 0.526. The van der Waals surface area contributed by atoms with Crippen LogP contribution in [0.4, 0.5) is 5.00 Å².